The van der Waals surface area contributed by atoms with E-state index < -0.39 is 0 Å². The molecule has 0 bridgehead atoms. The molecule has 2 fully saturated rings. The Morgan fingerprint density at radius 3 is 2.34 bits per heavy atom. The second kappa shape index (κ2) is 10.0. The molecular weight excluding hydrogens is 429 g/mol. The van der Waals surface area contributed by atoms with E-state index in [0.717, 1.165) is 57.7 Å². The van der Waals surface area contributed by atoms with Crippen molar-refractivity contribution in [1.29, 1.82) is 0 Å². The van der Waals surface area contributed by atoms with Crippen molar-refractivity contribution in [2.75, 3.05) is 55.4 Å². The molecule has 2 saturated heterocycles. The van der Waals surface area contributed by atoms with E-state index in [0.29, 0.717) is 22.4 Å². The third-order valence-electron chi connectivity index (χ3n) is 6.65. The molecule has 32 heavy (non-hydrogen) atoms. The summed E-state index contributed by atoms with van der Waals surface area (Å²) in [6.07, 6.45) is 5.15. The van der Waals surface area contributed by atoms with Crippen molar-refractivity contribution in [1.82, 2.24) is 9.88 Å². The van der Waals surface area contributed by atoms with Gasteiger partial charge in [-0.15, -0.1) is 0 Å². The lowest BCUT2D eigenvalue weighted by atomic mass is 9.95. The van der Waals surface area contributed by atoms with Gasteiger partial charge in [-0.05, 0) is 70.1 Å². The maximum Gasteiger partial charge on any atom is 0.227 e. The Bertz CT molecular complexity index is 922. The molecule has 2 aromatic rings. The van der Waals surface area contributed by atoms with E-state index in [9.17, 15) is 9.18 Å². The van der Waals surface area contributed by atoms with Gasteiger partial charge in [-0.1, -0.05) is 11.6 Å². The molecule has 3 heterocycles. The molecule has 0 aliphatic carbocycles. The van der Waals surface area contributed by atoms with E-state index >= 15 is 0 Å². The molecule has 1 aromatic carbocycles. The lowest BCUT2D eigenvalue weighted by molar-refractivity contribution is -0.120. The maximum absolute atomic E-state index is 14.8. The topological polar surface area (TPSA) is 51.7 Å². The molecule has 8 heteroatoms. The van der Waals surface area contributed by atoms with Crippen molar-refractivity contribution in [3.63, 3.8) is 0 Å². The number of pyridine rings is 1. The van der Waals surface area contributed by atoms with Crippen LogP contribution in [-0.2, 0) is 4.79 Å². The van der Waals surface area contributed by atoms with Crippen molar-refractivity contribution >= 4 is 34.7 Å². The van der Waals surface area contributed by atoms with Crippen LogP contribution in [0.2, 0.25) is 5.02 Å². The van der Waals surface area contributed by atoms with Crippen LogP contribution >= 0.6 is 11.6 Å². The first-order valence-corrected chi connectivity index (χ1v) is 11.7. The second-order valence-electron chi connectivity index (χ2n) is 8.93. The SMILES string of the molecule is CN(C)C1CCN(c2ccc(NC(=O)C3CCN(c4ccc(Cl)cn4)CC3)cc2F)CC1. The Labute approximate surface area is 194 Å². The Balaban J connectivity index is 1.30. The van der Waals surface area contributed by atoms with Gasteiger partial charge in [0, 0.05) is 50.0 Å². The molecule has 0 spiro atoms. The van der Waals surface area contributed by atoms with E-state index in [1.165, 1.54) is 6.07 Å². The summed E-state index contributed by atoms with van der Waals surface area (Å²) in [4.78, 5) is 23.6. The van der Waals surface area contributed by atoms with Crippen LogP contribution in [0.3, 0.4) is 0 Å². The van der Waals surface area contributed by atoms with Gasteiger partial charge in [0.05, 0.1) is 10.7 Å². The number of amides is 1. The number of aromatic nitrogens is 1. The van der Waals surface area contributed by atoms with Crippen LogP contribution in [0.15, 0.2) is 36.5 Å². The summed E-state index contributed by atoms with van der Waals surface area (Å²) in [5.74, 6) is 0.453. The average Bonchev–Trinajstić information content (AvgIpc) is 2.80. The minimum absolute atomic E-state index is 0.0485. The highest BCUT2D eigenvalue weighted by atomic mass is 35.5. The number of carbonyl (C=O) groups is 1. The summed E-state index contributed by atoms with van der Waals surface area (Å²) >= 11 is 5.91. The third kappa shape index (κ3) is 5.33. The van der Waals surface area contributed by atoms with Gasteiger partial charge >= 0.3 is 0 Å². The Hall–Kier alpha value is -2.38. The molecule has 2 aliphatic rings. The average molecular weight is 460 g/mol. The highest BCUT2D eigenvalue weighted by Crippen LogP contribution is 2.28. The van der Waals surface area contributed by atoms with Crippen LogP contribution in [0.5, 0.6) is 0 Å². The maximum atomic E-state index is 14.8. The zero-order chi connectivity index (χ0) is 22.7. The number of piperidine rings is 2. The van der Waals surface area contributed by atoms with Crippen LogP contribution in [0.4, 0.5) is 21.6 Å². The summed E-state index contributed by atoms with van der Waals surface area (Å²) in [7, 11) is 4.19. The lowest BCUT2D eigenvalue weighted by Crippen LogP contribution is -2.42. The molecule has 1 N–H and O–H groups in total. The summed E-state index contributed by atoms with van der Waals surface area (Å²) in [5.41, 5.74) is 1.13. The first kappa shape index (κ1) is 22.8. The quantitative estimate of drug-likeness (QED) is 0.724. The van der Waals surface area contributed by atoms with Crippen molar-refractivity contribution in [2.45, 2.75) is 31.7 Å². The highest BCUT2D eigenvalue weighted by molar-refractivity contribution is 6.30. The molecule has 1 amide bonds. The van der Waals surface area contributed by atoms with E-state index in [1.807, 2.05) is 12.1 Å². The van der Waals surface area contributed by atoms with E-state index in [-0.39, 0.29) is 17.6 Å². The highest BCUT2D eigenvalue weighted by Gasteiger charge is 2.26. The molecule has 0 radical (unpaired) electrons. The number of hydrogen-bond donors (Lipinski definition) is 1. The van der Waals surface area contributed by atoms with Crippen molar-refractivity contribution in [2.24, 2.45) is 5.92 Å². The molecule has 1 aromatic heterocycles. The van der Waals surface area contributed by atoms with Gasteiger partial charge in [-0.3, -0.25) is 4.79 Å². The zero-order valence-corrected chi connectivity index (χ0v) is 19.5. The number of carbonyl (C=O) groups excluding carboxylic acids is 1. The van der Waals surface area contributed by atoms with Crippen LogP contribution in [0.25, 0.3) is 0 Å². The molecule has 4 rings (SSSR count). The third-order valence-corrected chi connectivity index (χ3v) is 6.88. The fraction of sp³-hybridized carbons (Fsp3) is 0.500. The zero-order valence-electron chi connectivity index (χ0n) is 18.7. The van der Waals surface area contributed by atoms with Crippen LogP contribution in [-0.4, -0.2) is 62.1 Å². The second-order valence-corrected chi connectivity index (χ2v) is 9.37. The van der Waals surface area contributed by atoms with E-state index in [4.69, 9.17) is 11.6 Å². The van der Waals surface area contributed by atoms with Crippen LogP contribution in [0, 0.1) is 11.7 Å². The number of nitrogens with one attached hydrogen (secondary N) is 1. The van der Waals surface area contributed by atoms with Crippen LogP contribution < -0.4 is 15.1 Å². The Morgan fingerprint density at radius 2 is 1.75 bits per heavy atom. The number of anilines is 3. The molecule has 0 saturated carbocycles. The monoisotopic (exact) mass is 459 g/mol. The Kier molecular flexibility index (Phi) is 7.16. The standard InChI is InChI=1S/C24H31ClFN5O/c1-29(2)20-9-13-30(14-10-20)22-5-4-19(15-21(22)26)28-24(32)17-7-11-31(12-8-17)23-6-3-18(25)16-27-23/h3-6,15-17,20H,7-14H2,1-2H3,(H,28,32). The van der Waals surface area contributed by atoms with Gasteiger partial charge in [0.15, 0.2) is 0 Å². The lowest BCUT2D eigenvalue weighted by Gasteiger charge is -2.36. The molecule has 0 atom stereocenters. The number of rotatable bonds is 5. The van der Waals surface area contributed by atoms with Crippen molar-refractivity contribution < 1.29 is 9.18 Å². The van der Waals surface area contributed by atoms with E-state index in [1.54, 1.807) is 18.3 Å². The van der Waals surface area contributed by atoms with Crippen molar-refractivity contribution in [3.8, 4) is 0 Å². The smallest absolute Gasteiger partial charge is 0.227 e. The molecule has 0 unspecified atom stereocenters. The fourth-order valence-corrected chi connectivity index (χ4v) is 4.75. The first-order valence-electron chi connectivity index (χ1n) is 11.3. The Morgan fingerprint density at radius 1 is 1.06 bits per heavy atom. The number of halogens is 2. The predicted octanol–water partition coefficient (Wildman–Crippen LogP) is 4.26. The number of hydrogen-bond acceptors (Lipinski definition) is 5. The largest absolute Gasteiger partial charge is 0.369 e. The predicted molar refractivity (Wildman–Crippen MR) is 128 cm³/mol. The summed E-state index contributed by atoms with van der Waals surface area (Å²) in [6.45, 7) is 3.19. The molecule has 2 aliphatic heterocycles. The van der Waals surface area contributed by atoms with Gasteiger partial charge in [-0.25, -0.2) is 9.37 Å². The summed E-state index contributed by atoms with van der Waals surface area (Å²) in [5, 5.41) is 3.52. The molecule has 6 nitrogen and oxygen atoms in total. The summed E-state index contributed by atoms with van der Waals surface area (Å²) < 4.78 is 14.8. The minimum atomic E-state index is -0.283. The number of benzene rings is 1. The molecular formula is C24H31ClFN5O. The molecule has 172 valence electrons. The van der Waals surface area contributed by atoms with Crippen LogP contribution in [0.1, 0.15) is 25.7 Å². The fourth-order valence-electron chi connectivity index (χ4n) is 4.63. The first-order chi connectivity index (χ1) is 15.4. The van der Waals surface area contributed by atoms with Gasteiger partial charge in [0.1, 0.15) is 11.6 Å². The van der Waals surface area contributed by atoms with Gasteiger partial charge in [0.2, 0.25) is 5.91 Å². The van der Waals surface area contributed by atoms with Gasteiger partial charge < -0.3 is 20.0 Å². The van der Waals surface area contributed by atoms with Gasteiger partial charge in [-0.2, -0.15) is 0 Å². The van der Waals surface area contributed by atoms with E-state index in [2.05, 4.69) is 39.1 Å². The number of nitrogens with zero attached hydrogens (tertiary/aromatic N) is 4. The normalized spacial score (nSPS) is 18.3. The van der Waals surface area contributed by atoms with Crippen molar-refractivity contribution in [3.05, 3.63) is 47.4 Å². The summed E-state index contributed by atoms with van der Waals surface area (Å²) in [6, 6.07) is 9.31. The van der Waals surface area contributed by atoms with Gasteiger partial charge in [0.25, 0.3) is 0 Å². The minimum Gasteiger partial charge on any atom is -0.369 e.